The summed E-state index contributed by atoms with van der Waals surface area (Å²) in [5.74, 6) is 4.08. The normalized spacial score (nSPS) is 23.2. The molecule has 0 bridgehead atoms. The first-order valence-corrected chi connectivity index (χ1v) is 13.9. The van der Waals surface area contributed by atoms with Crippen LogP contribution in [0, 0.1) is 12.3 Å². The summed E-state index contributed by atoms with van der Waals surface area (Å²) < 4.78 is 1.27. The Hall–Kier alpha value is -3.31. The summed E-state index contributed by atoms with van der Waals surface area (Å²) >= 11 is 3.49. The van der Waals surface area contributed by atoms with Gasteiger partial charge in [0.15, 0.2) is 10.8 Å². The van der Waals surface area contributed by atoms with Crippen LogP contribution in [0.3, 0.4) is 0 Å². The molecule has 37 heavy (non-hydrogen) atoms. The first-order chi connectivity index (χ1) is 17.6. The van der Waals surface area contributed by atoms with Crippen molar-refractivity contribution < 1.29 is 29.0 Å². The molecule has 2 aromatic heterocycles. The highest BCUT2D eigenvalue weighted by Crippen LogP contribution is 2.43. The van der Waals surface area contributed by atoms with Crippen LogP contribution in [0.2, 0.25) is 0 Å². The van der Waals surface area contributed by atoms with Crippen molar-refractivity contribution in [3.8, 4) is 0 Å². The Morgan fingerprint density at radius 1 is 1.43 bits per heavy atom. The molecule has 2 unspecified atom stereocenters. The number of carboxylic acids is 1. The van der Waals surface area contributed by atoms with Crippen LogP contribution in [-0.2, 0) is 19.2 Å². The van der Waals surface area contributed by atoms with E-state index in [2.05, 4.69) is 20.4 Å². The summed E-state index contributed by atoms with van der Waals surface area (Å²) in [7, 11) is 0. The molecule has 2 amide bonds. The van der Waals surface area contributed by atoms with Crippen LogP contribution in [0.4, 0.5) is 10.9 Å². The van der Waals surface area contributed by atoms with Crippen LogP contribution < -0.4 is 32.4 Å². The second kappa shape index (κ2) is 10.6. The van der Waals surface area contributed by atoms with Crippen LogP contribution in [0.1, 0.15) is 18.2 Å². The maximum atomic E-state index is 12.9. The van der Waals surface area contributed by atoms with E-state index in [1.807, 2.05) is 0 Å². The van der Waals surface area contributed by atoms with E-state index in [1.165, 1.54) is 21.3 Å². The summed E-state index contributed by atoms with van der Waals surface area (Å²) in [6.45, 7) is 3.60. The van der Waals surface area contributed by atoms with E-state index in [1.54, 1.807) is 25.4 Å². The van der Waals surface area contributed by atoms with Crippen molar-refractivity contribution in [2.24, 2.45) is 10.6 Å². The van der Waals surface area contributed by atoms with E-state index >= 15 is 0 Å². The fourth-order valence-electron chi connectivity index (χ4n) is 3.73. The van der Waals surface area contributed by atoms with Gasteiger partial charge in [0.1, 0.15) is 29.9 Å². The van der Waals surface area contributed by atoms with Gasteiger partial charge in [0, 0.05) is 28.8 Å². The average Bonchev–Trinajstić information content (AvgIpc) is 3.29. The topological polar surface area (TPSA) is 219 Å². The average molecular weight is 568 g/mol. The molecule has 0 aromatic carbocycles. The second-order valence-corrected chi connectivity index (χ2v) is 11.3. The summed E-state index contributed by atoms with van der Waals surface area (Å²) in [6.07, 6.45) is 1.59. The predicted octanol–water partition coefficient (Wildman–Crippen LogP) is -2.32. The van der Waals surface area contributed by atoms with Gasteiger partial charge in [-0.3, -0.25) is 15.4 Å². The Kier molecular flexibility index (Phi) is 7.65. The largest absolute Gasteiger partial charge is 0.549 e. The SMILES string of the molecule is CCON=C(C(=O)NC1C(=O)N2CC(CSc3nc(N)c(C)c[n+]3N)(C(=O)[O-])CS[C@H]12)c1csc(N)n1. The number of nitrogens with zero attached hydrogens (tertiary/aromatic N) is 5. The Morgan fingerprint density at radius 3 is 2.84 bits per heavy atom. The molecule has 2 aliphatic heterocycles. The number of β-lactam (4-membered cyclic amide) rings is 1. The van der Waals surface area contributed by atoms with E-state index in [0.29, 0.717) is 10.7 Å². The van der Waals surface area contributed by atoms with Gasteiger partial charge in [-0.05, 0) is 30.6 Å². The van der Waals surface area contributed by atoms with Crippen LogP contribution >= 0.6 is 34.9 Å². The number of fused-ring (bicyclic) bond motifs is 1. The third-order valence-corrected chi connectivity index (χ3v) is 9.30. The molecule has 2 fully saturated rings. The number of aromatic nitrogens is 3. The Bertz CT molecular complexity index is 1270. The number of anilines is 2. The molecule has 2 aliphatic rings. The molecule has 2 aromatic rings. The van der Waals surface area contributed by atoms with Crippen molar-refractivity contribution in [2.45, 2.75) is 30.4 Å². The fraction of sp³-hybridized carbons (Fsp3) is 0.450. The smallest absolute Gasteiger partial charge is 0.384 e. The van der Waals surface area contributed by atoms with E-state index in [0.717, 1.165) is 23.1 Å². The van der Waals surface area contributed by atoms with Crippen molar-refractivity contribution in [3.05, 3.63) is 22.8 Å². The number of aryl methyl sites for hydroxylation is 1. The number of carbonyl (C=O) groups excluding carboxylic acids is 3. The lowest BCUT2D eigenvalue weighted by atomic mass is 9.89. The highest BCUT2D eigenvalue weighted by atomic mass is 32.2. The van der Waals surface area contributed by atoms with Crippen molar-refractivity contribution >= 4 is 69.3 Å². The van der Waals surface area contributed by atoms with Gasteiger partial charge in [-0.2, -0.15) is 0 Å². The maximum Gasteiger partial charge on any atom is 0.384 e. The van der Waals surface area contributed by atoms with Crippen molar-refractivity contribution in [2.75, 3.05) is 42.0 Å². The predicted molar refractivity (Wildman–Crippen MR) is 136 cm³/mol. The molecule has 14 nitrogen and oxygen atoms in total. The third-order valence-electron chi connectivity index (χ3n) is 5.78. The molecule has 4 rings (SSSR count). The van der Waals surface area contributed by atoms with E-state index in [-0.39, 0.29) is 47.0 Å². The zero-order valence-corrected chi connectivity index (χ0v) is 22.3. The van der Waals surface area contributed by atoms with Crippen molar-refractivity contribution in [3.63, 3.8) is 0 Å². The van der Waals surface area contributed by atoms with Crippen molar-refractivity contribution in [1.29, 1.82) is 0 Å². The van der Waals surface area contributed by atoms with Gasteiger partial charge in [0.05, 0.1) is 11.5 Å². The zero-order valence-electron chi connectivity index (χ0n) is 19.9. The van der Waals surface area contributed by atoms with Gasteiger partial charge in [-0.15, -0.1) is 27.8 Å². The van der Waals surface area contributed by atoms with Crippen LogP contribution in [0.5, 0.6) is 0 Å². The minimum absolute atomic E-state index is 0.0545. The number of aliphatic carboxylic acids is 1. The number of nitrogen functional groups attached to an aromatic ring is 3. The molecule has 17 heteroatoms. The summed E-state index contributed by atoms with van der Waals surface area (Å²) in [5.41, 5.74) is 11.0. The van der Waals surface area contributed by atoms with Gasteiger partial charge in [-0.25, -0.2) is 4.98 Å². The quantitative estimate of drug-likeness (QED) is 0.0477. The van der Waals surface area contributed by atoms with Gasteiger partial charge < -0.3 is 36.4 Å². The Morgan fingerprint density at radius 2 is 2.19 bits per heavy atom. The number of hydrogen-bond donors (Lipinski definition) is 4. The first kappa shape index (κ1) is 26.7. The summed E-state index contributed by atoms with van der Waals surface area (Å²) in [4.78, 5) is 52.9. The first-order valence-electron chi connectivity index (χ1n) is 11.0. The monoisotopic (exact) mass is 567 g/mol. The molecule has 198 valence electrons. The van der Waals surface area contributed by atoms with E-state index < -0.39 is 34.6 Å². The zero-order chi connectivity index (χ0) is 26.9. The Labute approximate surface area is 224 Å². The number of carbonyl (C=O) groups is 3. The minimum atomic E-state index is -1.36. The van der Waals surface area contributed by atoms with Crippen molar-refractivity contribution in [1.82, 2.24) is 20.2 Å². The number of hydrogen-bond acceptors (Lipinski definition) is 14. The lowest BCUT2D eigenvalue weighted by Gasteiger charge is -2.55. The molecule has 4 heterocycles. The highest BCUT2D eigenvalue weighted by Gasteiger charge is 2.56. The van der Waals surface area contributed by atoms with Gasteiger partial charge in [0.2, 0.25) is 11.7 Å². The number of carboxylic acid groups (broad SMARTS) is 1. The second-order valence-electron chi connectivity index (χ2n) is 8.40. The van der Waals surface area contributed by atoms with E-state index in [9.17, 15) is 19.5 Å². The number of oxime groups is 1. The van der Waals surface area contributed by atoms with Gasteiger partial charge in [-0.1, -0.05) is 5.16 Å². The van der Waals surface area contributed by atoms with Gasteiger partial charge >= 0.3 is 5.16 Å². The standard InChI is InChI=1S/C20H25N9O5S3/c1-3-34-27-11(10-5-35-18(22)24-10)14(30)25-12-15(31)28-6-20(17(32)33,7-36-16(12)28)8-37-19-26-13(21)9(2)4-29(19)23/h4-5,12,16,21H,3,6-8,23H2,1-2H3,(H4,22,24,25,30,32,33)/t12?,16-,20?/m1/s1. The lowest BCUT2D eigenvalue weighted by Crippen LogP contribution is -2.75. The number of thiazole rings is 1. The van der Waals surface area contributed by atoms with Crippen LogP contribution in [0.25, 0.3) is 0 Å². The molecular weight excluding hydrogens is 542 g/mol. The molecule has 0 radical (unpaired) electrons. The molecule has 0 aliphatic carbocycles. The highest BCUT2D eigenvalue weighted by molar-refractivity contribution is 8.00. The summed E-state index contributed by atoms with van der Waals surface area (Å²) in [6, 6.07) is -0.863. The maximum absolute atomic E-state index is 12.9. The molecule has 2 saturated heterocycles. The molecule has 0 saturated carbocycles. The molecule has 0 spiro atoms. The molecular formula is C20H25N9O5S3. The number of nitrogens with two attached hydrogens (primary N) is 3. The number of amides is 2. The summed E-state index contributed by atoms with van der Waals surface area (Å²) in [5, 5.41) is 20.4. The number of rotatable bonds is 9. The molecule has 7 N–H and O–H groups in total. The van der Waals surface area contributed by atoms with Crippen LogP contribution in [0.15, 0.2) is 21.9 Å². The number of thioether (sulfide) groups is 2. The molecule has 3 atom stereocenters. The fourth-order valence-corrected chi connectivity index (χ4v) is 7.02. The van der Waals surface area contributed by atoms with E-state index in [4.69, 9.17) is 22.1 Å². The third kappa shape index (κ3) is 5.24. The lowest BCUT2D eigenvalue weighted by molar-refractivity contribution is -0.682. The Balaban J connectivity index is 1.44. The van der Waals surface area contributed by atoms with Gasteiger partial charge in [0.25, 0.3) is 5.91 Å². The minimum Gasteiger partial charge on any atom is -0.549 e. The number of nitrogens with one attached hydrogen (secondary N) is 1. The van der Waals surface area contributed by atoms with Crippen LogP contribution in [-0.4, -0.2) is 74.4 Å².